The Morgan fingerprint density at radius 1 is 0.500 bits per heavy atom. The van der Waals surface area contributed by atoms with Crippen LogP contribution in [0.15, 0.2) is 60.7 Å². The Labute approximate surface area is 384 Å². The number of hydrogen-bond acceptors (Lipinski definition) is 6. The number of rotatable bonds is 44. The number of phosphoric acid groups is 1. The van der Waals surface area contributed by atoms with Crippen LogP contribution in [0, 0.1) is 0 Å². The maximum Gasteiger partial charge on any atom is 0.268 e. The van der Waals surface area contributed by atoms with Crippen molar-refractivity contribution >= 4 is 7.82 Å². The molecule has 2 aromatic carbocycles. The largest absolute Gasteiger partial charge is 0.756 e. The van der Waals surface area contributed by atoms with Gasteiger partial charge in [-0.1, -0.05) is 241 Å². The Bertz CT molecular complexity index is 1230. The molecule has 0 fully saturated rings. The van der Waals surface area contributed by atoms with E-state index < -0.39 is 13.9 Å². The van der Waals surface area contributed by atoms with Gasteiger partial charge in [-0.15, -0.1) is 0 Å². The zero-order valence-corrected chi connectivity index (χ0v) is 42.1. The number of nitrogens with zero attached hydrogens (tertiary/aromatic N) is 3. The summed E-state index contributed by atoms with van der Waals surface area (Å²) >= 11 is 0. The Hall–Kier alpha value is -1.57. The first kappa shape index (κ1) is 56.6. The molecule has 0 aromatic heterocycles. The van der Waals surface area contributed by atoms with Crippen LogP contribution in [0.1, 0.15) is 205 Å². The molecule has 0 aliphatic carbocycles. The van der Waals surface area contributed by atoms with Gasteiger partial charge in [0.25, 0.3) is 7.82 Å². The van der Waals surface area contributed by atoms with E-state index in [1.807, 2.05) is 21.1 Å². The van der Waals surface area contributed by atoms with Crippen LogP contribution in [-0.4, -0.2) is 80.9 Å². The average molecular weight is 884 g/mol. The summed E-state index contributed by atoms with van der Waals surface area (Å²) in [5, 5.41) is 0. The first-order chi connectivity index (χ1) is 30.1. The molecule has 0 bridgehead atoms. The predicted octanol–water partition coefficient (Wildman–Crippen LogP) is 14.5. The lowest BCUT2D eigenvalue weighted by molar-refractivity contribution is -0.870. The van der Waals surface area contributed by atoms with Crippen molar-refractivity contribution in [1.29, 1.82) is 0 Å². The fourth-order valence-corrected chi connectivity index (χ4v) is 9.42. The van der Waals surface area contributed by atoms with Crippen LogP contribution in [0.3, 0.4) is 0 Å². The van der Waals surface area contributed by atoms with Crippen LogP contribution < -0.4 is 4.89 Å². The Morgan fingerprint density at radius 3 is 1.11 bits per heavy atom. The summed E-state index contributed by atoms with van der Waals surface area (Å²) < 4.78 is 25.8. The summed E-state index contributed by atoms with van der Waals surface area (Å²) in [6, 6.07) is 21.2. The first-order valence-electron chi connectivity index (χ1n) is 26.1. The Balaban J connectivity index is 2.01. The predicted molar refractivity (Wildman–Crippen MR) is 265 cm³/mol. The molecule has 0 amide bonds. The van der Waals surface area contributed by atoms with E-state index >= 15 is 0 Å². The summed E-state index contributed by atoms with van der Waals surface area (Å²) in [5.74, 6) is 0. The molecule has 1 unspecified atom stereocenters. The quantitative estimate of drug-likeness (QED) is 0.0375. The third-order valence-electron chi connectivity index (χ3n) is 12.4. The van der Waals surface area contributed by atoms with Crippen molar-refractivity contribution in [3.05, 3.63) is 71.8 Å². The standard InChI is InChI=1S/C54H98N3O4P/c1-6-8-10-12-14-16-18-20-22-24-26-28-30-38-44-55(48-52-40-34-32-35-41-52)50-54(61-62(58,59)60-47-46-57(3,4)5)51-56(49-53-42-36-33-37-43-53)45-39-31-29-27-25-23-21-19-17-15-13-11-9-7-2/h32-37,40-43,54H,6-31,38-39,44-51H2,1-5H3. The second-order valence-electron chi connectivity index (χ2n) is 19.7. The number of quaternary nitrogens is 1. The number of likely N-dealkylation sites (N-methyl/N-ethyl adjacent to an activating group) is 1. The van der Waals surface area contributed by atoms with Crippen LogP contribution in [0.5, 0.6) is 0 Å². The summed E-state index contributed by atoms with van der Waals surface area (Å²) in [6.07, 6.45) is 36.8. The zero-order valence-electron chi connectivity index (χ0n) is 41.2. The molecule has 1 atom stereocenters. The molecule has 0 radical (unpaired) electrons. The topological polar surface area (TPSA) is 65.1 Å². The van der Waals surface area contributed by atoms with Crippen molar-refractivity contribution < 1.29 is 23.0 Å². The maximum absolute atomic E-state index is 13.5. The molecule has 0 spiro atoms. The van der Waals surface area contributed by atoms with E-state index in [9.17, 15) is 9.46 Å². The van der Waals surface area contributed by atoms with Crippen molar-refractivity contribution in [1.82, 2.24) is 9.80 Å². The molecule has 8 heteroatoms. The molecular weight excluding hydrogens is 786 g/mol. The fraction of sp³-hybridized carbons (Fsp3) is 0.778. The van der Waals surface area contributed by atoms with Gasteiger partial charge >= 0.3 is 0 Å². The van der Waals surface area contributed by atoms with E-state index in [1.165, 1.54) is 178 Å². The maximum atomic E-state index is 13.5. The van der Waals surface area contributed by atoms with Gasteiger partial charge in [0.05, 0.1) is 27.2 Å². The summed E-state index contributed by atoms with van der Waals surface area (Å²) in [6.45, 7) is 9.68. The molecule has 0 aliphatic rings. The minimum Gasteiger partial charge on any atom is -0.756 e. The van der Waals surface area contributed by atoms with Crippen LogP contribution in [0.4, 0.5) is 0 Å². The van der Waals surface area contributed by atoms with Gasteiger partial charge in [0.2, 0.25) is 0 Å². The molecule has 0 N–H and O–H groups in total. The third kappa shape index (κ3) is 33.9. The Morgan fingerprint density at radius 2 is 0.806 bits per heavy atom. The summed E-state index contributed by atoms with van der Waals surface area (Å²) in [4.78, 5) is 18.4. The molecule has 0 saturated heterocycles. The SMILES string of the molecule is CCCCCCCCCCCCCCCCN(Cc1ccccc1)CC(CN(CCCCCCCCCCCCCCCC)Cc1ccccc1)OP(=O)([O-])OCC[N+](C)(C)C. The normalized spacial score (nSPS) is 13.2. The van der Waals surface area contributed by atoms with E-state index in [2.05, 4.69) is 84.3 Å². The van der Waals surface area contributed by atoms with Gasteiger partial charge in [0.1, 0.15) is 13.2 Å². The second-order valence-corrected chi connectivity index (χ2v) is 21.0. The van der Waals surface area contributed by atoms with Gasteiger partial charge < -0.3 is 18.4 Å². The highest BCUT2D eigenvalue weighted by molar-refractivity contribution is 7.45. The molecule has 0 saturated carbocycles. The monoisotopic (exact) mass is 884 g/mol. The van der Waals surface area contributed by atoms with Crippen LogP contribution in [0.25, 0.3) is 0 Å². The fourth-order valence-electron chi connectivity index (χ4n) is 8.55. The van der Waals surface area contributed by atoms with Gasteiger partial charge in [0, 0.05) is 26.2 Å². The van der Waals surface area contributed by atoms with Crippen molar-refractivity contribution in [3.8, 4) is 0 Å². The average Bonchev–Trinajstić information content (AvgIpc) is 3.23. The lowest BCUT2D eigenvalue weighted by Crippen LogP contribution is -2.42. The molecule has 0 aliphatic heterocycles. The second kappa shape index (κ2) is 37.6. The van der Waals surface area contributed by atoms with Gasteiger partial charge in [-0.2, -0.15) is 0 Å². The minimum absolute atomic E-state index is 0.108. The van der Waals surface area contributed by atoms with Crippen LogP contribution in [0.2, 0.25) is 0 Å². The molecule has 2 aromatic rings. The summed E-state index contributed by atoms with van der Waals surface area (Å²) in [5.41, 5.74) is 2.48. The van der Waals surface area contributed by atoms with E-state index in [0.29, 0.717) is 24.1 Å². The van der Waals surface area contributed by atoms with Gasteiger partial charge in [-0.05, 0) is 37.1 Å². The lowest BCUT2D eigenvalue weighted by Gasteiger charge is -2.35. The van der Waals surface area contributed by atoms with E-state index in [4.69, 9.17) is 9.05 Å². The van der Waals surface area contributed by atoms with E-state index in [-0.39, 0.29) is 6.61 Å². The third-order valence-corrected chi connectivity index (χ3v) is 13.4. The molecule has 358 valence electrons. The van der Waals surface area contributed by atoms with Crippen LogP contribution >= 0.6 is 7.82 Å². The number of phosphoric ester groups is 1. The highest BCUT2D eigenvalue weighted by Gasteiger charge is 2.25. The lowest BCUT2D eigenvalue weighted by atomic mass is 10.0. The summed E-state index contributed by atoms with van der Waals surface area (Å²) in [7, 11) is 1.58. The van der Waals surface area contributed by atoms with Crippen LogP contribution in [-0.2, 0) is 26.7 Å². The number of hydrogen-bond donors (Lipinski definition) is 0. The first-order valence-corrected chi connectivity index (χ1v) is 27.5. The van der Waals surface area contributed by atoms with Crippen molar-refractivity contribution in [2.45, 2.75) is 213 Å². The van der Waals surface area contributed by atoms with Crippen molar-refractivity contribution in [2.24, 2.45) is 0 Å². The molecule has 7 nitrogen and oxygen atoms in total. The van der Waals surface area contributed by atoms with Gasteiger partial charge in [-0.3, -0.25) is 14.4 Å². The molecule has 2 rings (SSSR count). The minimum atomic E-state index is -4.55. The highest BCUT2D eigenvalue weighted by Crippen LogP contribution is 2.40. The van der Waals surface area contributed by atoms with E-state index in [1.54, 1.807) is 0 Å². The smallest absolute Gasteiger partial charge is 0.268 e. The van der Waals surface area contributed by atoms with Crippen molar-refractivity contribution in [2.75, 3.05) is 60.5 Å². The molecular formula is C54H98N3O4P. The molecule has 62 heavy (non-hydrogen) atoms. The number of benzene rings is 2. The van der Waals surface area contributed by atoms with Crippen molar-refractivity contribution in [3.63, 3.8) is 0 Å². The highest BCUT2D eigenvalue weighted by atomic mass is 31.2. The van der Waals surface area contributed by atoms with E-state index in [0.717, 1.165) is 39.0 Å². The Kier molecular flexibility index (Phi) is 34.3. The zero-order chi connectivity index (χ0) is 44.8. The molecule has 0 heterocycles. The van der Waals surface area contributed by atoms with Gasteiger partial charge in [-0.25, -0.2) is 0 Å². The number of unbranched alkanes of at least 4 members (excludes halogenated alkanes) is 26. The van der Waals surface area contributed by atoms with Gasteiger partial charge in [0.15, 0.2) is 0 Å².